The van der Waals surface area contributed by atoms with Gasteiger partial charge in [0.05, 0.1) is 0 Å². The Morgan fingerprint density at radius 2 is 1.41 bits per heavy atom. The van der Waals surface area contributed by atoms with Gasteiger partial charge in [0.2, 0.25) is 5.91 Å². The quantitative estimate of drug-likeness (QED) is 0.743. The first-order valence-corrected chi connectivity index (χ1v) is 9.20. The highest BCUT2D eigenvalue weighted by Crippen LogP contribution is 2.54. The molecule has 6 heteroatoms. The maximum atomic E-state index is 13.2. The number of primary amides is 1. The number of benzene rings is 3. The summed E-state index contributed by atoms with van der Waals surface area (Å²) in [4.78, 5) is 26.0. The summed E-state index contributed by atoms with van der Waals surface area (Å²) in [7, 11) is 1.65. The van der Waals surface area contributed by atoms with Gasteiger partial charge in [0.1, 0.15) is 18.0 Å². The summed E-state index contributed by atoms with van der Waals surface area (Å²) < 4.78 is 19.3. The SMILES string of the molecule is CN(C(=O)c1ccc2c(c1)C1OC2c2ccc(C(N)=O)cc21)c1ccc(F)cc1. The molecular formula is C23H17FN2O3. The van der Waals surface area contributed by atoms with Gasteiger partial charge in [-0.2, -0.15) is 0 Å². The maximum absolute atomic E-state index is 13.2. The van der Waals surface area contributed by atoms with E-state index in [9.17, 15) is 14.0 Å². The van der Waals surface area contributed by atoms with Gasteiger partial charge in [-0.3, -0.25) is 9.59 Å². The second-order valence-electron chi connectivity index (χ2n) is 7.29. The molecule has 2 aliphatic heterocycles. The Labute approximate surface area is 166 Å². The molecule has 2 unspecified atom stereocenters. The van der Waals surface area contributed by atoms with E-state index in [1.807, 2.05) is 18.2 Å². The Kier molecular flexibility index (Phi) is 3.79. The van der Waals surface area contributed by atoms with Gasteiger partial charge in [-0.15, -0.1) is 0 Å². The van der Waals surface area contributed by atoms with Crippen LogP contribution in [0.3, 0.4) is 0 Å². The zero-order chi connectivity index (χ0) is 20.3. The number of carbonyl (C=O) groups excluding carboxylic acids is 2. The van der Waals surface area contributed by atoms with Gasteiger partial charge in [0.15, 0.2) is 0 Å². The van der Waals surface area contributed by atoms with Crippen molar-refractivity contribution in [3.8, 4) is 0 Å². The van der Waals surface area contributed by atoms with Crippen molar-refractivity contribution in [1.82, 2.24) is 0 Å². The van der Waals surface area contributed by atoms with Crippen molar-refractivity contribution in [1.29, 1.82) is 0 Å². The molecule has 0 saturated heterocycles. The van der Waals surface area contributed by atoms with Gasteiger partial charge in [-0.1, -0.05) is 12.1 Å². The Bertz CT molecular complexity index is 1170. The van der Waals surface area contributed by atoms with Crippen molar-refractivity contribution in [2.24, 2.45) is 5.73 Å². The molecule has 5 nitrogen and oxygen atoms in total. The van der Waals surface area contributed by atoms with Crippen LogP contribution in [-0.4, -0.2) is 18.9 Å². The second-order valence-corrected chi connectivity index (χ2v) is 7.29. The number of hydrogen-bond acceptors (Lipinski definition) is 3. The van der Waals surface area contributed by atoms with Gasteiger partial charge in [-0.05, 0) is 70.8 Å². The molecule has 0 spiro atoms. The first kappa shape index (κ1) is 17.6. The molecule has 2 aliphatic rings. The molecule has 0 fully saturated rings. The van der Waals surface area contributed by atoms with Crippen molar-refractivity contribution in [3.63, 3.8) is 0 Å². The largest absolute Gasteiger partial charge is 0.366 e. The maximum Gasteiger partial charge on any atom is 0.258 e. The van der Waals surface area contributed by atoms with Crippen LogP contribution >= 0.6 is 0 Å². The summed E-state index contributed by atoms with van der Waals surface area (Å²) >= 11 is 0. The van der Waals surface area contributed by atoms with Crippen LogP contribution in [0.5, 0.6) is 0 Å². The fraction of sp³-hybridized carbons (Fsp3) is 0.130. The van der Waals surface area contributed by atoms with Crippen LogP contribution in [0.4, 0.5) is 10.1 Å². The number of halogens is 1. The molecule has 144 valence electrons. The van der Waals surface area contributed by atoms with Crippen LogP contribution in [0, 0.1) is 5.82 Å². The number of fused-ring (bicyclic) bond motifs is 8. The molecule has 29 heavy (non-hydrogen) atoms. The summed E-state index contributed by atoms with van der Waals surface area (Å²) in [6.07, 6.45) is -0.529. The monoisotopic (exact) mass is 388 g/mol. The van der Waals surface area contributed by atoms with E-state index in [0.717, 1.165) is 22.3 Å². The van der Waals surface area contributed by atoms with Crippen molar-refractivity contribution in [3.05, 3.63) is 99.9 Å². The van der Waals surface area contributed by atoms with E-state index in [1.54, 1.807) is 37.4 Å². The predicted molar refractivity (Wildman–Crippen MR) is 105 cm³/mol. The lowest BCUT2D eigenvalue weighted by Crippen LogP contribution is -2.26. The zero-order valence-corrected chi connectivity index (χ0v) is 15.6. The molecule has 0 aromatic heterocycles. The zero-order valence-electron chi connectivity index (χ0n) is 15.6. The third kappa shape index (κ3) is 2.64. The van der Waals surface area contributed by atoms with E-state index in [4.69, 9.17) is 10.5 Å². The summed E-state index contributed by atoms with van der Waals surface area (Å²) in [6.45, 7) is 0. The third-order valence-corrected chi connectivity index (χ3v) is 5.63. The number of ether oxygens (including phenoxy) is 1. The first-order chi connectivity index (χ1) is 13.9. The van der Waals surface area contributed by atoms with E-state index >= 15 is 0 Å². The molecule has 2 amide bonds. The fourth-order valence-corrected chi connectivity index (χ4v) is 4.11. The van der Waals surface area contributed by atoms with Crippen molar-refractivity contribution >= 4 is 17.5 Å². The standard InChI is InChI=1S/C23H17FN2O3/c1-26(15-6-4-14(24)5-7-15)23(28)13-3-9-17-19(11-13)21-18-10-12(22(25)27)2-8-16(18)20(17)29-21/h2-11,20-21H,1H3,(H2,25,27). The number of nitrogens with two attached hydrogens (primary N) is 1. The van der Waals surface area contributed by atoms with E-state index in [-0.39, 0.29) is 23.9 Å². The molecule has 3 aromatic carbocycles. The molecular weight excluding hydrogens is 371 g/mol. The lowest BCUT2D eigenvalue weighted by atomic mass is 9.84. The van der Waals surface area contributed by atoms with Gasteiger partial charge in [-0.25, -0.2) is 4.39 Å². The van der Waals surface area contributed by atoms with Crippen LogP contribution in [0.1, 0.15) is 55.2 Å². The molecule has 0 saturated carbocycles. The van der Waals surface area contributed by atoms with Gasteiger partial charge in [0.25, 0.3) is 5.91 Å². The number of hydrogen-bond donors (Lipinski definition) is 1. The molecule has 2 N–H and O–H groups in total. The summed E-state index contributed by atoms with van der Waals surface area (Å²) in [5.41, 5.74) is 10.8. The van der Waals surface area contributed by atoms with Crippen LogP contribution in [0.25, 0.3) is 0 Å². The molecule has 2 bridgehead atoms. The van der Waals surface area contributed by atoms with Crippen molar-refractivity contribution in [2.75, 3.05) is 11.9 Å². The van der Waals surface area contributed by atoms with Gasteiger partial charge >= 0.3 is 0 Å². The summed E-state index contributed by atoms with van der Waals surface area (Å²) in [5, 5.41) is 0. The minimum atomic E-state index is -0.486. The smallest absolute Gasteiger partial charge is 0.258 e. The lowest BCUT2D eigenvalue weighted by molar-refractivity contribution is 0.0857. The first-order valence-electron chi connectivity index (χ1n) is 9.20. The molecule has 0 radical (unpaired) electrons. The highest BCUT2D eigenvalue weighted by atomic mass is 19.1. The van der Waals surface area contributed by atoms with Crippen LogP contribution in [0.15, 0.2) is 60.7 Å². The van der Waals surface area contributed by atoms with E-state index in [0.29, 0.717) is 16.8 Å². The Balaban J connectivity index is 1.49. The van der Waals surface area contributed by atoms with Crippen molar-refractivity contribution < 1.29 is 18.7 Å². The number of amides is 2. The molecule has 3 aromatic rings. The lowest BCUT2D eigenvalue weighted by Gasteiger charge is -2.20. The minimum absolute atomic E-state index is 0.201. The topological polar surface area (TPSA) is 72.6 Å². The highest BCUT2D eigenvalue weighted by molar-refractivity contribution is 6.06. The van der Waals surface area contributed by atoms with Crippen LogP contribution < -0.4 is 10.6 Å². The Hall–Kier alpha value is -3.51. The summed E-state index contributed by atoms with van der Waals surface area (Å²) in [5.74, 6) is -1.04. The number of rotatable bonds is 3. The second kappa shape index (κ2) is 6.25. The van der Waals surface area contributed by atoms with E-state index in [2.05, 4.69) is 0 Å². The molecule has 2 heterocycles. The third-order valence-electron chi connectivity index (χ3n) is 5.63. The minimum Gasteiger partial charge on any atom is -0.366 e. The number of carbonyl (C=O) groups is 2. The predicted octanol–water partition coefficient (Wildman–Crippen LogP) is 3.72. The number of nitrogens with zero attached hydrogens (tertiary/aromatic N) is 1. The number of anilines is 1. The van der Waals surface area contributed by atoms with Crippen LogP contribution in [-0.2, 0) is 4.74 Å². The Morgan fingerprint density at radius 3 is 2.03 bits per heavy atom. The van der Waals surface area contributed by atoms with E-state index in [1.165, 1.54) is 17.0 Å². The van der Waals surface area contributed by atoms with Gasteiger partial charge in [0, 0.05) is 23.9 Å². The van der Waals surface area contributed by atoms with E-state index < -0.39 is 5.91 Å². The molecule has 5 rings (SSSR count). The average molecular weight is 388 g/mol. The Morgan fingerprint density at radius 1 is 0.862 bits per heavy atom. The fourth-order valence-electron chi connectivity index (χ4n) is 4.11. The molecule has 0 aliphatic carbocycles. The normalized spacial score (nSPS) is 18.3. The van der Waals surface area contributed by atoms with Crippen LogP contribution in [0.2, 0.25) is 0 Å². The highest BCUT2D eigenvalue weighted by Gasteiger charge is 2.43. The van der Waals surface area contributed by atoms with Crippen molar-refractivity contribution in [2.45, 2.75) is 12.2 Å². The molecule has 2 atom stereocenters. The average Bonchev–Trinajstić information content (AvgIpc) is 3.29. The summed E-state index contributed by atoms with van der Waals surface area (Å²) in [6, 6.07) is 16.7. The van der Waals surface area contributed by atoms with Gasteiger partial charge < -0.3 is 15.4 Å².